The Morgan fingerprint density at radius 2 is 2.05 bits per heavy atom. The number of hydrogen-bond acceptors (Lipinski definition) is 5. The third-order valence-electron chi connectivity index (χ3n) is 2.93. The summed E-state index contributed by atoms with van der Waals surface area (Å²) in [7, 11) is -2.28. The number of nitro benzene ring substituents is 1. The Hall–Kier alpha value is -2.00. The van der Waals surface area contributed by atoms with Crippen LogP contribution >= 0.6 is 11.3 Å². The average molecular weight is 341 g/mol. The van der Waals surface area contributed by atoms with Gasteiger partial charge in [-0.15, -0.1) is 15.7 Å². The van der Waals surface area contributed by atoms with E-state index < -0.39 is 14.9 Å². The first kappa shape index (κ1) is 16.4. The smallest absolute Gasteiger partial charge is 0.285 e. The molecular formula is C13H15N3O4S2. The molecule has 0 aliphatic carbocycles. The highest BCUT2D eigenvalue weighted by atomic mass is 32.2. The van der Waals surface area contributed by atoms with Gasteiger partial charge in [0.25, 0.3) is 15.7 Å². The Balaban J connectivity index is 2.54. The summed E-state index contributed by atoms with van der Waals surface area (Å²) in [6.45, 7) is 4.01. The molecule has 7 nitrogen and oxygen atoms in total. The predicted molar refractivity (Wildman–Crippen MR) is 83.2 cm³/mol. The summed E-state index contributed by atoms with van der Waals surface area (Å²) >= 11 is 1.28. The van der Waals surface area contributed by atoms with Crippen molar-refractivity contribution in [1.82, 2.24) is 4.57 Å². The first-order chi connectivity index (χ1) is 10.2. The summed E-state index contributed by atoms with van der Waals surface area (Å²) in [6.07, 6.45) is 1.83. The molecule has 0 radical (unpaired) electrons. The highest BCUT2D eigenvalue weighted by Gasteiger charge is 2.17. The summed E-state index contributed by atoms with van der Waals surface area (Å²) in [6, 6.07) is 4.87. The van der Waals surface area contributed by atoms with Crippen molar-refractivity contribution in [3.05, 3.63) is 50.3 Å². The Bertz CT molecular complexity index is 879. The number of thiazole rings is 1. The van der Waals surface area contributed by atoms with Crippen LogP contribution in [-0.4, -0.2) is 17.9 Å². The van der Waals surface area contributed by atoms with E-state index in [2.05, 4.69) is 4.40 Å². The van der Waals surface area contributed by atoms with Crippen LogP contribution in [0.2, 0.25) is 0 Å². The third-order valence-corrected chi connectivity index (χ3v) is 5.68. The summed E-state index contributed by atoms with van der Waals surface area (Å²) in [5.41, 5.74) is -0.283. The highest BCUT2D eigenvalue weighted by Crippen LogP contribution is 2.20. The van der Waals surface area contributed by atoms with Gasteiger partial charge in [0, 0.05) is 30.3 Å². The molecular weight excluding hydrogens is 326 g/mol. The fourth-order valence-electron chi connectivity index (χ4n) is 1.71. The lowest BCUT2D eigenvalue weighted by Gasteiger charge is -1.98. The van der Waals surface area contributed by atoms with Crippen molar-refractivity contribution in [2.24, 2.45) is 11.4 Å². The van der Waals surface area contributed by atoms with Crippen molar-refractivity contribution >= 4 is 27.0 Å². The average Bonchev–Trinajstić information content (AvgIpc) is 2.80. The SMILES string of the molecule is CC(C)c1cn(C)/c(=N/S(=O)(=O)c2cccc([N+](=O)[O-])c2)s1. The topological polar surface area (TPSA) is 94.6 Å². The van der Waals surface area contributed by atoms with Gasteiger partial charge in [-0.25, -0.2) is 0 Å². The molecule has 0 saturated heterocycles. The molecule has 2 aromatic rings. The molecule has 0 fully saturated rings. The van der Waals surface area contributed by atoms with Gasteiger partial charge in [0.15, 0.2) is 0 Å². The van der Waals surface area contributed by atoms with Gasteiger partial charge in [0.05, 0.1) is 9.82 Å². The largest absolute Gasteiger partial charge is 0.326 e. The van der Waals surface area contributed by atoms with E-state index in [4.69, 9.17) is 0 Å². The van der Waals surface area contributed by atoms with Crippen LogP contribution in [0.4, 0.5) is 5.69 Å². The lowest BCUT2D eigenvalue weighted by molar-refractivity contribution is -0.385. The highest BCUT2D eigenvalue weighted by molar-refractivity contribution is 7.90. The minimum absolute atomic E-state index is 0.193. The zero-order chi connectivity index (χ0) is 16.5. The van der Waals surface area contributed by atoms with E-state index in [1.54, 1.807) is 11.6 Å². The molecule has 0 saturated carbocycles. The Labute approximate surface area is 131 Å². The fourth-order valence-corrected chi connectivity index (χ4v) is 3.97. The van der Waals surface area contributed by atoms with Crippen molar-refractivity contribution in [1.29, 1.82) is 0 Å². The second-order valence-electron chi connectivity index (χ2n) is 5.00. The van der Waals surface area contributed by atoms with Gasteiger partial charge in [-0.1, -0.05) is 19.9 Å². The molecule has 0 atom stereocenters. The number of benzene rings is 1. The minimum atomic E-state index is -3.99. The van der Waals surface area contributed by atoms with Crippen LogP contribution in [0.25, 0.3) is 0 Å². The molecule has 1 heterocycles. The van der Waals surface area contributed by atoms with E-state index in [0.29, 0.717) is 4.80 Å². The lowest BCUT2D eigenvalue weighted by atomic mass is 10.2. The molecule has 0 aliphatic heterocycles. The van der Waals surface area contributed by atoms with Crippen LogP contribution in [0.1, 0.15) is 24.6 Å². The molecule has 0 amide bonds. The first-order valence-corrected chi connectivity index (χ1v) is 8.68. The van der Waals surface area contributed by atoms with E-state index in [1.165, 1.54) is 29.5 Å². The number of non-ortho nitro benzene ring substituents is 1. The van der Waals surface area contributed by atoms with Gasteiger partial charge in [0.1, 0.15) is 0 Å². The minimum Gasteiger partial charge on any atom is -0.326 e. The molecule has 1 aromatic carbocycles. The van der Waals surface area contributed by atoms with Gasteiger partial charge in [-0.2, -0.15) is 8.42 Å². The van der Waals surface area contributed by atoms with E-state index in [0.717, 1.165) is 10.9 Å². The van der Waals surface area contributed by atoms with Crippen molar-refractivity contribution in [2.75, 3.05) is 0 Å². The molecule has 0 bridgehead atoms. The third kappa shape index (κ3) is 3.42. The molecule has 2 rings (SSSR count). The first-order valence-electron chi connectivity index (χ1n) is 6.42. The molecule has 118 valence electrons. The van der Waals surface area contributed by atoms with E-state index in [1.807, 2.05) is 20.0 Å². The van der Waals surface area contributed by atoms with Crippen LogP contribution in [0.15, 0.2) is 39.8 Å². The van der Waals surface area contributed by atoms with Crippen molar-refractivity contribution in [3.8, 4) is 0 Å². The monoisotopic (exact) mass is 341 g/mol. The maximum absolute atomic E-state index is 12.3. The summed E-state index contributed by atoms with van der Waals surface area (Å²) in [4.78, 5) is 11.3. The van der Waals surface area contributed by atoms with Gasteiger partial charge in [-0.05, 0) is 12.0 Å². The zero-order valence-electron chi connectivity index (χ0n) is 12.3. The van der Waals surface area contributed by atoms with Crippen molar-refractivity contribution in [3.63, 3.8) is 0 Å². The van der Waals surface area contributed by atoms with Crippen LogP contribution < -0.4 is 4.80 Å². The van der Waals surface area contributed by atoms with Gasteiger partial charge in [-0.3, -0.25) is 10.1 Å². The Kier molecular flexibility index (Phi) is 4.47. The number of nitro groups is 1. The number of aromatic nitrogens is 1. The van der Waals surface area contributed by atoms with E-state index in [-0.39, 0.29) is 16.5 Å². The molecule has 1 aromatic heterocycles. The number of rotatable bonds is 4. The maximum atomic E-state index is 12.3. The normalized spacial score (nSPS) is 12.8. The number of hydrogen-bond donors (Lipinski definition) is 0. The molecule has 22 heavy (non-hydrogen) atoms. The summed E-state index contributed by atoms with van der Waals surface area (Å²) < 4.78 is 30.1. The second kappa shape index (κ2) is 6.01. The molecule has 9 heteroatoms. The summed E-state index contributed by atoms with van der Waals surface area (Å²) in [5.74, 6) is 0.265. The fraction of sp³-hybridized carbons (Fsp3) is 0.308. The van der Waals surface area contributed by atoms with Crippen LogP contribution in [0.3, 0.4) is 0 Å². The Morgan fingerprint density at radius 1 is 1.36 bits per heavy atom. The predicted octanol–water partition coefficient (Wildman–Crippen LogP) is 2.41. The van der Waals surface area contributed by atoms with Crippen LogP contribution in [0, 0.1) is 10.1 Å². The number of sulfonamides is 1. The zero-order valence-corrected chi connectivity index (χ0v) is 13.9. The number of aryl methyl sites for hydroxylation is 1. The second-order valence-corrected chi connectivity index (χ2v) is 7.65. The van der Waals surface area contributed by atoms with Crippen molar-refractivity contribution < 1.29 is 13.3 Å². The summed E-state index contributed by atoms with van der Waals surface area (Å²) in [5, 5.41) is 10.7. The van der Waals surface area contributed by atoms with Crippen molar-refractivity contribution in [2.45, 2.75) is 24.7 Å². The van der Waals surface area contributed by atoms with Crippen LogP contribution in [0.5, 0.6) is 0 Å². The molecule has 0 spiro atoms. The van der Waals surface area contributed by atoms with E-state index in [9.17, 15) is 18.5 Å². The Morgan fingerprint density at radius 3 is 2.59 bits per heavy atom. The lowest BCUT2D eigenvalue weighted by Crippen LogP contribution is -2.13. The molecule has 0 unspecified atom stereocenters. The van der Waals surface area contributed by atoms with Gasteiger partial charge < -0.3 is 4.57 Å². The maximum Gasteiger partial charge on any atom is 0.285 e. The molecule has 0 N–H and O–H groups in total. The standard InChI is InChI=1S/C13H15N3O4S2/c1-9(2)12-8-15(3)13(21-12)14-22(19,20)11-6-4-5-10(7-11)16(17)18/h4-9H,1-3H3/b14-13-. The number of nitrogens with zero attached hydrogens (tertiary/aromatic N) is 3. The quantitative estimate of drug-likeness (QED) is 0.630. The van der Waals surface area contributed by atoms with E-state index >= 15 is 0 Å². The van der Waals surface area contributed by atoms with Crippen LogP contribution in [-0.2, 0) is 17.1 Å². The molecule has 0 aliphatic rings. The van der Waals surface area contributed by atoms with Gasteiger partial charge in [0.2, 0.25) is 4.80 Å². The van der Waals surface area contributed by atoms with Gasteiger partial charge >= 0.3 is 0 Å².